The van der Waals surface area contributed by atoms with Gasteiger partial charge in [0, 0.05) is 43.0 Å². The van der Waals surface area contributed by atoms with Gasteiger partial charge in [-0.05, 0) is 55.5 Å². The molecule has 1 unspecified atom stereocenters. The lowest BCUT2D eigenvalue weighted by atomic mass is 10.1. The molecule has 2 aliphatic rings. The number of ether oxygens (including phenoxy) is 3. The Hall–Kier alpha value is -4.33. The first kappa shape index (κ1) is 22.5. The molecule has 35 heavy (non-hydrogen) atoms. The van der Waals surface area contributed by atoms with E-state index in [9.17, 15) is 14.4 Å². The van der Waals surface area contributed by atoms with Crippen LogP contribution in [0.15, 0.2) is 66.7 Å². The Morgan fingerprint density at radius 3 is 2.43 bits per heavy atom. The predicted octanol–water partition coefficient (Wildman–Crippen LogP) is 3.96. The average Bonchev–Trinajstić information content (AvgIpc) is 3.50. The van der Waals surface area contributed by atoms with E-state index in [2.05, 4.69) is 0 Å². The van der Waals surface area contributed by atoms with E-state index in [0.717, 1.165) is 5.56 Å². The Morgan fingerprint density at radius 1 is 0.971 bits per heavy atom. The van der Waals surface area contributed by atoms with Crippen LogP contribution in [0.2, 0.25) is 0 Å². The monoisotopic (exact) mass is 472 g/mol. The topological polar surface area (TPSA) is 85.4 Å². The summed E-state index contributed by atoms with van der Waals surface area (Å²) in [5, 5.41) is 0. The maximum absolute atomic E-state index is 12.8. The Morgan fingerprint density at radius 2 is 1.69 bits per heavy atom. The Labute approximate surface area is 202 Å². The third-order valence-corrected chi connectivity index (χ3v) is 6.17. The molecule has 8 nitrogen and oxygen atoms in total. The van der Waals surface area contributed by atoms with Crippen molar-refractivity contribution in [3.05, 3.63) is 77.9 Å². The molecule has 2 amide bonds. The maximum atomic E-state index is 12.8. The van der Waals surface area contributed by atoms with Gasteiger partial charge in [-0.3, -0.25) is 14.4 Å². The fourth-order valence-electron chi connectivity index (χ4n) is 4.11. The molecule has 3 aromatic carbocycles. The van der Waals surface area contributed by atoms with Crippen molar-refractivity contribution in [1.29, 1.82) is 0 Å². The summed E-state index contributed by atoms with van der Waals surface area (Å²) in [5.74, 6) is 0.208. The van der Waals surface area contributed by atoms with Crippen LogP contribution in [-0.2, 0) is 9.59 Å². The second-order valence-electron chi connectivity index (χ2n) is 8.59. The van der Waals surface area contributed by atoms with Crippen LogP contribution in [0.1, 0.15) is 22.3 Å². The molecule has 3 aromatic rings. The van der Waals surface area contributed by atoms with Crippen molar-refractivity contribution in [3.63, 3.8) is 0 Å². The Balaban J connectivity index is 1.21. The number of aryl methyl sites for hydroxylation is 1. The van der Waals surface area contributed by atoms with Gasteiger partial charge in [-0.2, -0.15) is 0 Å². The fraction of sp³-hybridized carbons (Fsp3) is 0.222. The molecule has 0 spiro atoms. The van der Waals surface area contributed by atoms with Gasteiger partial charge in [-0.1, -0.05) is 17.7 Å². The van der Waals surface area contributed by atoms with E-state index in [-0.39, 0.29) is 31.6 Å². The van der Waals surface area contributed by atoms with E-state index in [1.165, 1.54) is 4.90 Å². The van der Waals surface area contributed by atoms with E-state index in [0.29, 0.717) is 34.2 Å². The molecule has 0 bridgehead atoms. The van der Waals surface area contributed by atoms with Gasteiger partial charge in [0.2, 0.25) is 12.7 Å². The molecule has 1 atom stereocenters. The zero-order valence-electron chi connectivity index (χ0n) is 19.4. The van der Waals surface area contributed by atoms with Crippen molar-refractivity contribution in [3.8, 4) is 17.2 Å². The second-order valence-corrected chi connectivity index (χ2v) is 8.59. The smallest absolute Gasteiger partial charge is 0.316 e. The number of esters is 1. The van der Waals surface area contributed by atoms with Crippen molar-refractivity contribution in [2.24, 2.45) is 5.92 Å². The largest absolute Gasteiger partial charge is 0.454 e. The number of carbonyl (C=O) groups excluding carboxylic acids is 3. The van der Waals surface area contributed by atoms with Crippen molar-refractivity contribution < 1.29 is 28.6 Å². The number of fused-ring (bicyclic) bond motifs is 1. The summed E-state index contributed by atoms with van der Waals surface area (Å²) in [4.78, 5) is 41.1. The first-order valence-corrected chi connectivity index (χ1v) is 11.3. The van der Waals surface area contributed by atoms with E-state index < -0.39 is 11.9 Å². The molecular weight excluding hydrogens is 448 g/mol. The van der Waals surface area contributed by atoms with Crippen LogP contribution in [0.5, 0.6) is 17.2 Å². The molecule has 8 heteroatoms. The van der Waals surface area contributed by atoms with Crippen LogP contribution >= 0.6 is 0 Å². The van der Waals surface area contributed by atoms with E-state index >= 15 is 0 Å². The molecule has 0 aromatic heterocycles. The van der Waals surface area contributed by atoms with Gasteiger partial charge in [0.15, 0.2) is 11.5 Å². The standard InChI is InChI=1S/C27H24N2O6/c1-17-3-5-18(6-4-17)26(31)28(2)20-7-10-22(11-8-20)35-27(32)19-13-25(30)29(15-19)21-9-12-23-24(14-21)34-16-33-23/h3-12,14,19H,13,15-16H2,1-2H3. The van der Waals surface area contributed by atoms with Gasteiger partial charge < -0.3 is 24.0 Å². The zero-order valence-corrected chi connectivity index (χ0v) is 19.4. The van der Waals surface area contributed by atoms with E-state index in [4.69, 9.17) is 14.2 Å². The molecule has 5 rings (SSSR count). The molecule has 1 fully saturated rings. The Kier molecular flexibility index (Phi) is 5.86. The third-order valence-electron chi connectivity index (χ3n) is 6.17. The highest BCUT2D eigenvalue weighted by molar-refractivity contribution is 6.05. The summed E-state index contributed by atoms with van der Waals surface area (Å²) in [6.45, 7) is 2.34. The summed E-state index contributed by atoms with van der Waals surface area (Å²) in [5.41, 5.74) is 2.99. The van der Waals surface area contributed by atoms with Crippen molar-refractivity contribution in [2.75, 3.05) is 30.2 Å². The first-order chi connectivity index (χ1) is 16.9. The van der Waals surface area contributed by atoms with Crippen LogP contribution in [0.4, 0.5) is 11.4 Å². The number of carbonyl (C=O) groups is 3. The molecule has 178 valence electrons. The summed E-state index contributed by atoms with van der Waals surface area (Å²) in [6.07, 6.45) is 0.0686. The van der Waals surface area contributed by atoms with Gasteiger partial charge in [0.05, 0.1) is 5.92 Å². The van der Waals surface area contributed by atoms with Gasteiger partial charge in [-0.25, -0.2) is 0 Å². The van der Waals surface area contributed by atoms with Gasteiger partial charge in [0.25, 0.3) is 5.91 Å². The minimum atomic E-state index is -0.585. The van der Waals surface area contributed by atoms with Crippen LogP contribution in [-0.4, -0.2) is 38.2 Å². The lowest BCUT2D eigenvalue weighted by molar-refractivity contribution is -0.139. The zero-order chi connectivity index (χ0) is 24.5. The van der Waals surface area contributed by atoms with E-state index in [1.807, 2.05) is 19.1 Å². The minimum absolute atomic E-state index is 0.0686. The SMILES string of the molecule is Cc1ccc(C(=O)N(C)c2ccc(OC(=O)C3CC(=O)N(c4ccc5c(c4)OCO5)C3)cc2)cc1. The summed E-state index contributed by atoms with van der Waals surface area (Å²) >= 11 is 0. The van der Waals surface area contributed by atoms with Crippen LogP contribution in [0, 0.1) is 12.8 Å². The lowest BCUT2D eigenvalue weighted by Crippen LogP contribution is -2.27. The van der Waals surface area contributed by atoms with Crippen molar-refractivity contribution >= 4 is 29.2 Å². The molecular formula is C27H24N2O6. The third kappa shape index (κ3) is 4.55. The van der Waals surface area contributed by atoms with Crippen LogP contribution in [0.25, 0.3) is 0 Å². The molecule has 2 aliphatic heterocycles. The molecule has 0 saturated carbocycles. The number of rotatable bonds is 5. The average molecular weight is 472 g/mol. The number of benzene rings is 3. The molecule has 1 saturated heterocycles. The molecule has 0 aliphatic carbocycles. The number of hydrogen-bond acceptors (Lipinski definition) is 6. The highest BCUT2D eigenvalue weighted by Gasteiger charge is 2.37. The normalized spacial score (nSPS) is 16.3. The predicted molar refractivity (Wildman–Crippen MR) is 129 cm³/mol. The summed E-state index contributed by atoms with van der Waals surface area (Å²) < 4.78 is 16.2. The number of amides is 2. The van der Waals surface area contributed by atoms with Gasteiger partial charge in [-0.15, -0.1) is 0 Å². The highest BCUT2D eigenvalue weighted by Crippen LogP contribution is 2.37. The quantitative estimate of drug-likeness (QED) is 0.413. The molecule has 0 radical (unpaired) electrons. The fourth-order valence-corrected chi connectivity index (χ4v) is 4.11. The second kappa shape index (κ2) is 9.13. The van der Waals surface area contributed by atoms with Crippen LogP contribution in [0.3, 0.4) is 0 Å². The first-order valence-electron chi connectivity index (χ1n) is 11.3. The Bertz CT molecular complexity index is 1290. The summed E-state index contributed by atoms with van der Waals surface area (Å²) in [7, 11) is 1.69. The summed E-state index contributed by atoms with van der Waals surface area (Å²) in [6, 6.07) is 19.3. The lowest BCUT2D eigenvalue weighted by Gasteiger charge is -2.18. The molecule has 0 N–H and O–H groups in total. The van der Waals surface area contributed by atoms with Crippen LogP contribution < -0.4 is 24.0 Å². The maximum Gasteiger partial charge on any atom is 0.316 e. The van der Waals surface area contributed by atoms with Gasteiger partial charge in [0.1, 0.15) is 5.75 Å². The van der Waals surface area contributed by atoms with E-state index in [1.54, 1.807) is 66.5 Å². The highest BCUT2D eigenvalue weighted by atomic mass is 16.7. The number of nitrogens with zero attached hydrogens (tertiary/aromatic N) is 2. The minimum Gasteiger partial charge on any atom is -0.454 e. The molecule has 2 heterocycles. The van der Waals surface area contributed by atoms with Crippen molar-refractivity contribution in [1.82, 2.24) is 0 Å². The van der Waals surface area contributed by atoms with Gasteiger partial charge >= 0.3 is 5.97 Å². The van der Waals surface area contributed by atoms with Crippen molar-refractivity contribution in [2.45, 2.75) is 13.3 Å². The number of hydrogen-bond donors (Lipinski definition) is 0. The number of anilines is 2.